The Morgan fingerprint density at radius 3 is 2.47 bits per heavy atom. The summed E-state index contributed by atoms with van der Waals surface area (Å²) in [6.07, 6.45) is 7.19. The van der Waals surface area contributed by atoms with Crippen LogP contribution < -0.4 is 0 Å². The molecule has 0 aliphatic heterocycles. The molecule has 1 amide bonds. The van der Waals surface area contributed by atoms with E-state index >= 15 is 0 Å². The third-order valence-corrected chi connectivity index (χ3v) is 4.02. The molecule has 0 N–H and O–H groups in total. The van der Waals surface area contributed by atoms with Crippen molar-refractivity contribution in [2.75, 3.05) is 13.2 Å². The lowest BCUT2D eigenvalue weighted by atomic mass is 10.2. The van der Waals surface area contributed by atoms with Gasteiger partial charge in [-0.1, -0.05) is 12.8 Å². The SMILES string of the molecule is CCN(C(=O)[C@H](C)OCC1CC1)C1CCCC1. The maximum atomic E-state index is 12.3. The predicted molar refractivity (Wildman–Crippen MR) is 67.8 cm³/mol. The van der Waals surface area contributed by atoms with Crippen molar-refractivity contribution < 1.29 is 9.53 Å². The molecule has 2 fully saturated rings. The van der Waals surface area contributed by atoms with Gasteiger partial charge >= 0.3 is 0 Å². The first kappa shape index (κ1) is 12.9. The van der Waals surface area contributed by atoms with Gasteiger partial charge in [0.2, 0.25) is 0 Å². The van der Waals surface area contributed by atoms with Crippen molar-refractivity contribution in [3.05, 3.63) is 0 Å². The van der Waals surface area contributed by atoms with Gasteiger partial charge in [0, 0.05) is 12.6 Å². The number of amides is 1. The van der Waals surface area contributed by atoms with Crippen LogP contribution in [-0.4, -0.2) is 36.1 Å². The fraction of sp³-hybridized carbons (Fsp3) is 0.929. The van der Waals surface area contributed by atoms with Crippen LogP contribution in [0.5, 0.6) is 0 Å². The smallest absolute Gasteiger partial charge is 0.251 e. The Balaban J connectivity index is 1.81. The van der Waals surface area contributed by atoms with E-state index < -0.39 is 0 Å². The second-order valence-corrected chi connectivity index (χ2v) is 5.48. The maximum absolute atomic E-state index is 12.3. The fourth-order valence-electron chi connectivity index (χ4n) is 2.68. The molecule has 0 aromatic carbocycles. The third-order valence-electron chi connectivity index (χ3n) is 4.02. The van der Waals surface area contributed by atoms with Crippen LogP contribution in [0.2, 0.25) is 0 Å². The molecule has 0 aromatic heterocycles. The van der Waals surface area contributed by atoms with Crippen molar-refractivity contribution in [2.24, 2.45) is 5.92 Å². The summed E-state index contributed by atoms with van der Waals surface area (Å²) >= 11 is 0. The molecular formula is C14H25NO2. The number of carbonyl (C=O) groups excluding carboxylic acids is 1. The van der Waals surface area contributed by atoms with Crippen molar-refractivity contribution in [2.45, 2.75) is 64.5 Å². The van der Waals surface area contributed by atoms with Crippen LogP contribution in [0.15, 0.2) is 0 Å². The Morgan fingerprint density at radius 2 is 1.94 bits per heavy atom. The molecule has 3 heteroatoms. The molecule has 0 bridgehead atoms. The van der Waals surface area contributed by atoms with E-state index in [0.29, 0.717) is 6.04 Å². The molecule has 0 spiro atoms. The molecule has 2 rings (SSSR count). The van der Waals surface area contributed by atoms with E-state index in [1.54, 1.807) is 0 Å². The number of rotatable bonds is 6. The average molecular weight is 239 g/mol. The van der Waals surface area contributed by atoms with Crippen molar-refractivity contribution in [3.8, 4) is 0 Å². The summed E-state index contributed by atoms with van der Waals surface area (Å²) in [6, 6.07) is 0.472. The monoisotopic (exact) mass is 239 g/mol. The number of hydrogen-bond donors (Lipinski definition) is 0. The van der Waals surface area contributed by atoms with Crippen molar-refractivity contribution in [3.63, 3.8) is 0 Å². The number of nitrogens with zero attached hydrogens (tertiary/aromatic N) is 1. The van der Waals surface area contributed by atoms with Gasteiger partial charge in [-0.2, -0.15) is 0 Å². The Labute approximate surface area is 105 Å². The minimum Gasteiger partial charge on any atom is -0.368 e. The molecule has 17 heavy (non-hydrogen) atoms. The highest BCUT2D eigenvalue weighted by atomic mass is 16.5. The Hall–Kier alpha value is -0.570. The van der Waals surface area contributed by atoms with E-state index in [2.05, 4.69) is 6.92 Å². The lowest BCUT2D eigenvalue weighted by Gasteiger charge is -2.30. The van der Waals surface area contributed by atoms with Crippen molar-refractivity contribution >= 4 is 5.91 Å². The van der Waals surface area contributed by atoms with E-state index in [9.17, 15) is 4.79 Å². The van der Waals surface area contributed by atoms with E-state index in [4.69, 9.17) is 4.74 Å². The molecule has 0 radical (unpaired) electrons. The quantitative estimate of drug-likeness (QED) is 0.713. The van der Waals surface area contributed by atoms with E-state index in [-0.39, 0.29) is 12.0 Å². The van der Waals surface area contributed by atoms with Crippen LogP contribution in [-0.2, 0) is 9.53 Å². The summed E-state index contributed by atoms with van der Waals surface area (Å²) in [4.78, 5) is 14.3. The molecule has 0 aromatic rings. The molecule has 2 aliphatic rings. The third kappa shape index (κ3) is 3.44. The topological polar surface area (TPSA) is 29.5 Å². The lowest BCUT2D eigenvalue weighted by molar-refractivity contribution is -0.145. The number of hydrogen-bond acceptors (Lipinski definition) is 2. The van der Waals surface area contributed by atoms with Gasteiger partial charge in [0.15, 0.2) is 0 Å². The first-order valence-electron chi connectivity index (χ1n) is 7.14. The summed E-state index contributed by atoms with van der Waals surface area (Å²) in [6.45, 7) is 5.57. The second-order valence-electron chi connectivity index (χ2n) is 5.48. The van der Waals surface area contributed by atoms with Crippen LogP contribution >= 0.6 is 0 Å². The highest BCUT2D eigenvalue weighted by molar-refractivity contribution is 5.80. The number of likely N-dealkylation sites (N-methyl/N-ethyl adjacent to an activating group) is 1. The van der Waals surface area contributed by atoms with E-state index in [1.807, 2.05) is 11.8 Å². The minimum atomic E-state index is -0.254. The highest BCUT2D eigenvalue weighted by Crippen LogP contribution is 2.29. The minimum absolute atomic E-state index is 0.194. The van der Waals surface area contributed by atoms with Crippen LogP contribution in [0.4, 0.5) is 0 Å². The summed E-state index contributed by atoms with van der Waals surface area (Å²) in [5.41, 5.74) is 0. The van der Waals surface area contributed by atoms with E-state index in [0.717, 1.165) is 19.1 Å². The van der Waals surface area contributed by atoms with E-state index in [1.165, 1.54) is 38.5 Å². The van der Waals surface area contributed by atoms with Gasteiger partial charge in [-0.25, -0.2) is 0 Å². The van der Waals surface area contributed by atoms with Crippen LogP contribution in [0, 0.1) is 5.92 Å². The van der Waals surface area contributed by atoms with Crippen LogP contribution in [0.1, 0.15) is 52.4 Å². The zero-order chi connectivity index (χ0) is 12.3. The summed E-state index contributed by atoms with van der Waals surface area (Å²) in [7, 11) is 0. The largest absolute Gasteiger partial charge is 0.368 e. The normalized spacial score (nSPS) is 22.7. The predicted octanol–water partition coefficient (Wildman–Crippen LogP) is 2.59. The van der Waals surface area contributed by atoms with Gasteiger partial charge in [0.05, 0.1) is 6.61 Å². The summed E-state index contributed by atoms with van der Waals surface area (Å²) < 4.78 is 5.68. The molecule has 2 saturated carbocycles. The standard InChI is InChI=1S/C14H25NO2/c1-3-15(13-6-4-5-7-13)14(16)11(2)17-10-12-8-9-12/h11-13H,3-10H2,1-2H3/t11-/m0/s1. The Kier molecular flexibility index (Phi) is 4.43. The fourth-order valence-corrected chi connectivity index (χ4v) is 2.68. The molecule has 0 heterocycles. The van der Waals surface area contributed by atoms with Gasteiger partial charge in [-0.05, 0) is 45.4 Å². The number of ether oxygens (including phenoxy) is 1. The van der Waals surface area contributed by atoms with Gasteiger partial charge in [-0.3, -0.25) is 4.79 Å². The highest BCUT2D eigenvalue weighted by Gasteiger charge is 2.30. The first-order chi connectivity index (χ1) is 8.22. The number of carbonyl (C=O) groups is 1. The molecule has 0 unspecified atom stereocenters. The zero-order valence-electron chi connectivity index (χ0n) is 11.2. The molecule has 0 saturated heterocycles. The van der Waals surface area contributed by atoms with Crippen molar-refractivity contribution in [1.29, 1.82) is 0 Å². The summed E-state index contributed by atoms with van der Waals surface area (Å²) in [5, 5.41) is 0. The molecule has 2 aliphatic carbocycles. The Morgan fingerprint density at radius 1 is 1.29 bits per heavy atom. The van der Waals surface area contributed by atoms with Crippen LogP contribution in [0.25, 0.3) is 0 Å². The first-order valence-corrected chi connectivity index (χ1v) is 7.14. The van der Waals surface area contributed by atoms with Gasteiger partial charge in [-0.15, -0.1) is 0 Å². The van der Waals surface area contributed by atoms with Gasteiger partial charge < -0.3 is 9.64 Å². The maximum Gasteiger partial charge on any atom is 0.251 e. The van der Waals surface area contributed by atoms with Gasteiger partial charge in [0.25, 0.3) is 5.91 Å². The molecular weight excluding hydrogens is 214 g/mol. The van der Waals surface area contributed by atoms with Gasteiger partial charge in [0.1, 0.15) is 6.10 Å². The lowest BCUT2D eigenvalue weighted by Crippen LogP contribution is -2.44. The molecule has 1 atom stereocenters. The zero-order valence-corrected chi connectivity index (χ0v) is 11.2. The average Bonchev–Trinajstić information content (AvgIpc) is 3.02. The molecule has 98 valence electrons. The Bertz CT molecular complexity index is 257. The molecule has 3 nitrogen and oxygen atoms in total. The second kappa shape index (κ2) is 5.85. The van der Waals surface area contributed by atoms with Crippen molar-refractivity contribution in [1.82, 2.24) is 4.90 Å². The van der Waals surface area contributed by atoms with Crippen LogP contribution in [0.3, 0.4) is 0 Å². The summed E-state index contributed by atoms with van der Waals surface area (Å²) in [5.74, 6) is 0.923.